The maximum Gasteiger partial charge on any atom is 0.153 e. The van der Waals surface area contributed by atoms with Crippen molar-refractivity contribution in [3.05, 3.63) is 124 Å². The summed E-state index contributed by atoms with van der Waals surface area (Å²) in [7, 11) is 2.05. The molecule has 220 valence electrons. The van der Waals surface area contributed by atoms with Gasteiger partial charge in [-0.05, 0) is 91.9 Å². The topological polar surface area (TPSA) is 48.9 Å². The average molecular weight is 591 g/mol. The Morgan fingerprint density at radius 2 is 1.60 bits per heavy atom. The third-order valence-corrected chi connectivity index (χ3v) is 9.74. The van der Waals surface area contributed by atoms with Crippen molar-refractivity contribution >= 4 is 23.1 Å². The van der Waals surface area contributed by atoms with Gasteiger partial charge in [-0.2, -0.15) is 0 Å². The molecule has 5 nitrogen and oxygen atoms in total. The van der Waals surface area contributed by atoms with Crippen LogP contribution in [0.25, 0.3) is 0 Å². The van der Waals surface area contributed by atoms with E-state index in [2.05, 4.69) is 71.1 Å². The highest BCUT2D eigenvalue weighted by molar-refractivity contribution is 6.31. The van der Waals surface area contributed by atoms with Gasteiger partial charge in [0, 0.05) is 42.5 Å². The minimum Gasteiger partial charge on any atom is -0.454 e. The van der Waals surface area contributed by atoms with Gasteiger partial charge in [0.05, 0.1) is 5.56 Å². The fourth-order valence-corrected chi connectivity index (χ4v) is 7.70. The standard InChI is InChI=1S/C20H23N.C17H16ClN3O/c1-21-14-6-12-20-13-11-15(16-7-2-4-9-18(16)20)17-8-3-5-10-19(17)20;18-12-5-6-15-13(11-12)17(21-9-7-19-8-10-21)20-14-3-1-2-4-16(14)22-15/h2-5,7-10,15,21H,6,11-14H2,1H3;1-6,11,19H,7-10H2. The Hall–Kier alpha value is -3.64. The second-order valence-electron chi connectivity index (χ2n) is 11.9. The molecule has 9 rings (SSSR count). The fourth-order valence-electron chi connectivity index (χ4n) is 7.53. The highest BCUT2D eigenvalue weighted by Gasteiger charge is 2.47. The molecule has 0 spiro atoms. The molecule has 0 radical (unpaired) electrons. The van der Waals surface area contributed by atoms with E-state index in [0.29, 0.717) is 10.9 Å². The molecule has 4 aromatic carbocycles. The summed E-state index contributed by atoms with van der Waals surface area (Å²) in [5.74, 6) is 3.13. The Morgan fingerprint density at radius 1 is 0.907 bits per heavy atom. The number of fused-ring (bicyclic) bond motifs is 3. The number of hydrogen-bond acceptors (Lipinski definition) is 5. The predicted molar refractivity (Wildman–Crippen MR) is 177 cm³/mol. The molecule has 5 aliphatic rings. The van der Waals surface area contributed by atoms with E-state index in [9.17, 15) is 0 Å². The molecule has 2 bridgehead atoms. The van der Waals surface area contributed by atoms with Crippen molar-refractivity contribution in [3.63, 3.8) is 0 Å². The Labute approximate surface area is 260 Å². The fraction of sp³-hybridized carbons (Fsp3) is 0.324. The molecular formula is C37H39ClN4O. The number of ether oxygens (including phenoxy) is 1. The maximum atomic E-state index is 6.20. The minimum absolute atomic E-state index is 0.263. The van der Waals surface area contributed by atoms with Crippen molar-refractivity contribution in [1.82, 2.24) is 15.5 Å². The first-order valence-corrected chi connectivity index (χ1v) is 16.0. The van der Waals surface area contributed by atoms with Crippen molar-refractivity contribution < 1.29 is 4.74 Å². The first-order chi connectivity index (χ1) is 21.2. The van der Waals surface area contributed by atoms with Crippen LogP contribution in [0.5, 0.6) is 11.5 Å². The molecule has 4 aromatic rings. The number of rotatable bonds is 4. The van der Waals surface area contributed by atoms with Crippen LogP contribution in [0.15, 0.2) is 96.0 Å². The van der Waals surface area contributed by atoms with Crippen molar-refractivity contribution in [3.8, 4) is 11.5 Å². The zero-order chi connectivity index (χ0) is 29.2. The summed E-state index contributed by atoms with van der Waals surface area (Å²) in [6.07, 6.45) is 5.13. The molecule has 6 heteroatoms. The monoisotopic (exact) mass is 590 g/mol. The summed E-state index contributed by atoms with van der Waals surface area (Å²) < 4.78 is 6.06. The lowest BCUT2D eigenvalue weighted by Crippen LogP contribution is -2.46. The molecule has 0 aromatic heterocycles. The van der Waals surface area contributed by atoms with Gasteiger partial charge in [0.2, 0.25) is 0 Å². The normalized spacial score (nSPS) is 21.1. The van der Waals surface area contributed by atoms with Crippen molar-refractivity contribution in [2.75, 3.05) is 39.8 Å². The second-order valence-corrected chi connectivity index (χ2v) is 12.4. The summed E-state index contributed by atoms with van der Waals surface area (Å²) in [6, 6.07) is 31.9. The Bertz CT molecular complexity index is 1600. The lowest BCUT2D eigenvalue weighted by Gasteiger charge is -2.50. The molecule has 0 unspecified atom stereocenters. The molecule has 2 heterocycles. The number of aliphatic imine (C=N–C) groups is 1. The van der Waals surface area contributed by atoms with Crippen LogP contribution in [0.1, 0.15) is 59.4 Å². The molecule has 0 amide bonds. The third kappa shape index (κ3) is 5.24. The number of benzene rings is 4. The lowest BCUT2D eigenvalue weighted by atomic mass is 9.54. The Balaban J connectivity index is 0.000000140. The highest BCUT2D eigenvalue weighted by atomic mass is 35.5. The summed E-state index contributed by atoms with van der Waals surface area (Å²) >= 11 is 6.20. The van der Waals surface area contributed by atoms with E-state index in [1.165, 1.54) is 25.7 Å². The van der Waals surface area contributed by atoms with E-state index in [1.54, 1.807) is 22.3 Å². The number of amidine groups is 1. The first kappa shape index (κ1) is 28.1. The van der Waals surface area contributed by atoms with Crippen LogP contribution in [-0.2, 0) is 5.41 Å². The zero-order valence-electron chi connectivity index (χ0n) is 24.8. The van der Waals surface area contributed by atoms with Gasteiger partial charge in [0.1, 0.15) is 17.3 Å². The van der Waals surface area contributed by atoms with Crippen molar-refractivity contribution in [2.45, 2.75) is 37.0 Å². The molecular weight excluding hydrogens is 552 g/mol. The molecule has 0 atom stereocenters. The van der Waals surface area contributed by atoms with Gasteiger partial charge in [-0.1, -0.05) is 72.3 Å². The molecule has 43 heavy (non-hydrogen) atoms. The smallest absolute Gasteiger partial charge is 0.153 e. The molecule has 1 saturated heterocycles. The second kappa shape index (κ2) is 12.2. The van der Waals surface area contributed by atoms with Crippen molar-refractivity contribution in [2.24, 2.45) is 4.99 Å². The SMILES string of the molecule is CNCCCC12CCC(c3ccccc31)c1ccccc12.Clc1ccc2c(c1)C(N1CCNCC1)=Nc1ccccc1O2. The molecule has 1 fully saturated rings. The average Bonchev–Trinajstić information content (AvgIpc) is 3.23. The Kier molecular flexibility index (Phi) is 7.96. The van der Waals surface area contributed by atoms with E-state index < -0.39 is 0 Å². The summed E-state index contributed by atoms with van der Waals surface area (Å²) in [5, 5.41) is 7.37. The van der Waals surface area contributed by atoms with E-state index in [0.717, 1.165) is 61.3 Å². The van der Waals surface area contributed by atoms with Gasteiger partial charge in [-0.3, -0.25) is 0 Å². The minimum atomic E-state index is 0.263. The van der Waals surface area contributed by atoms with Gasteiger partial charge in [-0.15, -0.1) is 0 Å². The zero-order valence-corrected chi connectivity index (χ0v) is 25.5. The number of hydrogen-bond donors (Lipinski definition) is 2. The summed E-state index contributed by atoms with van der Waals surface area (Å²) in [5.41, 5.74) is 8.46. The van der Waals surface area contributed by atoms with Crippen LogP contribution in [0.4, 0.5) is 5.69 Å². The van der Waals surface area contributed by atoms with E-state index in [4.69, 9.17) is 21.3 Å². The number of nitrogens with one attached hydrogen (secondary N) is 2. The number of halogens is 1. The van der Waals surface area contributed by atoms with E-state index in [1.807, 2.05) is 42.5 Å². The lowest BCUT2D eigenvalue weighted by molar-refractivity contribution is 0.341. The van der Waals surface area contributed by atoms with E-state index >= 15 is 0 Å². The quantitative estimate of drug-likeness (QED) is 0.240. The highest BCUT2D eigenvalue weighted by Crippen LogP contribution is 2.57. The molecule has 3 aliphatic carbocycles. The maximum absolute atomic E-state index is 6.20. The Morgan fingerprint density at radius 3 is 2.35 bits per heavy atom. The third-order valence-electron chi connectivity index (χ3n) is 9.50. The largest absolute Gasteiger partial charge is 0.454 e. The number of nitrogens with zero attached hydrogens (tertiary/aromatic N) is 2. The van der Waals surface area contributed by atoms with Gasteiger partial charge in [0.15, 0.2) is 5.75 Å². The van der Waals surface area contributed by atoms with Crippen molar-refractivity contribution in [1.29, 1.82) is 0 Å². The van der Waals surface area contributed by atoms with Gasteiger partial charge in [-0.25, -0.2) is 4.99 Å². The van der Waals surface area contributed by atoms with Gasteiger partial charge < -0.3 is 20.3 Å². The van der Waals surface area contributed by atoms with Crippen LogP contribution >= 0.6 is 11.6 Å². The number of para-hydroxylation sites is 2. The van der Waals surface area contributed by atoms with Crippen LogP contribution in [0.2, 0.25) is 5.02 Å². The molecule has 0 saturated carbocycles. The van der Waals surface area contributed by atoms with Gasteiger partial charge >= 0.3 is 0 Å². The number of piperazine rings is 1. The summed E-state index contributed by atoms with van der Waals surface area (Å²) in [4.78, 5) is 7.17. The molecule has 2 aliphatic heterocycles. The van der Waals surface area contributed by atoms with Crippen LogP contribution < -0.4 is 15.4 Å². The van der Waals surface area contributed by atoms with Gasteiger partial charge in [0.25, 0.3) is 0 Å². The first-order valence-electron chi connectivity index (χ1n) is 15.6. The van der Waals surface area contributed by atoms with Crippen LogP contribution in [-0.4, -0.2) is 50.5 Å². The van der Waals surface area contributed by atoms with E-state index in [-0.39, 0.29) is 5.41 Å². The molecule has 2 N–H and O–H groups in total. The van der Waals surface area contributed by atoms with Crippen LogP contribution in [0.3, 0.4) is 0 Å². The summed E-state index contributed by atoms with van der Waals surface area (Å²) in [6.45, 7) is 4.87. The predicted octanol–water partition coefficient (Wildman–Crippen LogP) is 7.64. The van der Waals surface area contributed by atoms with Crippen LogP contribution in [0, 0.1) is 0 Å².